The molecule has 0 fully saturated rings. The van der Waals surface area contributed by atoms with Crippen molar-refractivity contribution in [3.05, 3.63) is 83.2 Å². The van der Waals surface area contributed by atoms with E-state index in [2.05, 4.69) is 0 Å². The molecule has 2 heterocycles. The molecule has 0 bridgehead atoms. The highest BCUT2D eigenvalue weighted by atomic mass is 16.5. The first kappa shape index (κ1) is 19.1. The second-order valence-electron chi connectivity index (χ2n) is 7.45. The minimum atomic E-state index is -0.260. The van der Waals surface area contributed by atoms with Crippen molar-refractivity contribution in [2.45, 2.75) is 20.8 Å². The number of rotatable bonds is 2. The maximum absolute atomic E-state index is 9.21. The van der Waals surface area contributed by atoms with Gasteiger partial charge in [0.1, 0.15) is 29.2 Å². The topological polar surface area (TPSA) is 69.3 Å². The fourth-order valence-electron chi connectivity index (χ4n) is 2.76. The van der Waals surface area contributed by atoms with Crippen LogP contribution in [0.15, 0.2) is 83.2 Å². The van der Waals surface area contributed by atoms with Gasteiger partial charge >= 0.3 is 0 Å². The number of nitriles is 2. The lowest BCUT2D eigenvalue weighted by atomic mass is 9.90. The van der Waals surface area contributed by atoms with Crippen molar-refractivity contribution in [1.29, 1.82) is 10.5 Å². The van der Waals surface area contributed by atoms with Gasteiger partial charge in [0.25, 0.3) is 0 Å². The summed E-state index contributed by atoms with van der Waals surface area (Å²) in [4.78, 5) is 1.96. The van der Waals surface area contributed by atoms with Crippen LogP contribution in [-0.2, 0) is 4.74 Å². The summed E-state index contributed by atoms with van der Waals surface area (Å²) in [6, 6.07) is 11.7. The van der Waals surface area contributed by atoms with Gasteiger partial charge in [-0.1, -0.05) is 39.0 Å². The third kappa shape index (κ3) is 3.84. The van der Waals surface area contributed by atoms with Crippen LogP contribution in [0.5, 0.6) is 5.75 Å². The normalized spacial score (nSPS) is 17.3. The van der Waals surface area contributed by atoms with Crippen LogP contribution in [0.1, 0.15) is 20.8 Å². The molecule has 0 aromatic heterocycles. The second-order valence-corrected chi connectivity index (χ2v) is 7.45. The average Bonchev–Trinajstić information content (AvgIpc) is 2.98. The molecule has 3 rings (SSSR count). The van der Waals surface area contributed by atoms with Gasteiger partial charge < -0.3 is 14.4 Å². The summed E-state index contributed by atoms with van der Waals surface area (Å²) in [5, 5.41) is 18.4. The molecule has 0 unspecified atom stereocenters. The summed E-state index contributed by atoms with van der Waals surface area (Å²) in [6.45, 7) is 6.05. The molecule has 1 aromatic rings. The summed E-state index contributed by atoms with van der Waals surface area (Å²) in [5.74, 6) is 2.77. The maximum atomic E-state index is 9.21. The Hall–Kier alpha value is -3.70. The standard InChI is InChI=1S/C23H21N3O2/c1-23(2,3)21-13-16(17(14-24)15-25)12-18(27-21)8-7-11-22-26(4)19-9-5-6-10-20(19)28-22/h5-13H,1-4H3/b8-7+,22-11-. The van der Waals surface area contributed by atoms with E-state index in [-0.39, 0.29) is 11.0 Å². The van der Waals surface area contributed by atoms with Gasteiger partial charge in [-0.25, -0.2) is 0 Å². The lowest BCUT2D eigenvalue weighted by Crippen LogP contribution is -2.15. The van der Waals surface area contributed by atoms with Crippen LogP contribution in [0.2, 0.25) is 0 Å². The van der Waals surface area contributed by atoms with Crippen molar-refractivity contribution in [1.82, 2.24) is 0 Å². The van der Waals surface area contributed by atoms with E-state index in [1.165, 1.54) is 0 Å². The van der Waals surface area contributed by atoms with Crippen LogP contribution in [-0.4, -0.2) is 7.05 Å². The molecule has 0 saturated carbocycles. The number of hydrogen-bond donors (Lipinski definition) is 0. The molecule has 140 valence electrons. The smallest absolute Gasteiger partial charge is 0.200 e. The van der Waals surface area contributed by atoms with Gasteiger partial charge in [0.05, 0.1) is 5.69 Å². The number of benzene rings is 1. The Balaban J connectivity index is 1.87. The molecule has 0 radical (unpaired) electrons. The third-order valence-electron chi connectivity index (χ3n) is 4.33. The molecule has 0 N–H and O–H groups in total. The van der Waals surface area contributed by atoms with Crippen molar-refractivity contribution in [2.75, 3.05) is 11.9 Å². The zero-order valence-electron chi connectivity index (χ0n) is 16.4. The van der Waals surface area contributed by atoms with Crippen LogP contribution >= 0.6 is 0 Å². The van der Waals surface area contributed by atoms with Crippen molar-refractivity contribution < 1.29 is 9.47 Å². The third-order valence-corrected chi connectivity index (χ3v) is 4.33. The Labute approximate surface area is 165 Å². The van der Waals surface area contributed by atoms with Crippen molar-refractivity contribution >= 4 is 5.69 Å². The van der Waals surface area contributed by atoms with Crippen molar-refractivity contribution in [3.63, 3.8) is 0 Å². The Kier molecular flexibility index (Phi) is 5.11. The molecule has 5 nitrogen and oxygen atoms in total. The molecular weight excluding hydrogens is 350 g/mol. The van der Waals surface area contributed by atoms with Crippen LogP contribution < -0.4 is 9.64 Å². The fraction of sp³-hybridized carbons (Fsp3) is 0.217. The average molecular weight is 371 g/mol. The van der Waals surface area contributed by atoms with E-state index < -0.39 is 0 Å². The lowest BCUT2D eigenvalue weighted by Gasteiger charge is -2.26. The van der Waals surface area contributed by atoms with E-state index in [1.54, 1.807) is 18.2 Å². The van der Waals surface area contributed by atoms with E-state index >= 15 is 0 Å². The highest BCUT2D eigenvalue weighted by Crippen LogP contribution is 2.37. The molecule has 0 aliphatic carbocycles. The first-order chi connectivity index (χ1) is 13.3. The summed E-state index contributed by atoms with van der Waals surface area (Å²) < 4.78 is 11.8. The summed E-state index contributed by atoms with van der Waals surface area (Å²) in [7, 11) is 1.94. The molecule has 1 aromatic carbocycles. The number of para-hydroxylation sites is 2. The molecule has 0 spiro atoms. The number of nitrogens with zero attached hydrogens (tertiary/aromatic N) is 3. The zero-order valence-corrected chi connectivity index (χ0v) is 16.4. The van der Waals surface area contributed by atoms with Crippen LogP contribution in [0.4, 0.5) is 5.69 Å². The Morgan fingerprint density at radius 1 is 1.07 bits per heavy atom. The first-order valence-corrected chi connectivity index (χ1v) is 8.88. The van der Waals surface area contributed by atoms with Gasteiger partial charge in [-0.05, 0) is 36.4 Å². The zero-order chi connectivity index (χ0) is 20.3. The van der Waals surface area contributed by atoms with E-state index in [9.17, 15) is 10.5 Å². The molecular formula is C23H21N3O2. The summed E-state index contributed by atoms with van der Waals surface area (Å²) in [5.41, 5.74) is 1.36. The van der Waals surface area contributed by atoms with Crippen molar-refractivity contribution in [2.24, 2.45) is 5.41 Å². The van der Waals surface area contributed by atoms with Gasteiger partial charge in [0.2, 0.25) is 0 Å². The van der Waals surface area contributed by atoms with Gasteiger partial charge in [0.15, 0.2) is 11.6 Å². The molecule has 5 heteroatoms. The fourth-order valence-corrected chi connectivity index (χ4v) is 2.76. The highest BCUT2D eigenvalue weighted by molar-refractivity contribution is 5.65. The number of hydrogen-bond acceptors (Lipinski definition) is 5. The van der Waals surface area contributed by atoms with Gasteiger partial charge in [-0.15, -0.1) is 0 Å². The minimum Gasteiger partial charge on any atom is -0.461 e. The molecule has 0 saturated heterocycles. The van der Waals surface area contributed by atoms with Crippen LogP contribution in [0.25, 0.3) is 0 Å². The van der Waals surface area contributed by atoms with E-state index in [0.717, 1.165) is 11.4 Å². The summed E-state index contributed by atoms with van der Waals surface area (Å²) >= 11 is 0. The Morgan fingerprint density at radius 3 is 2.43 bits per heavy atom. The molecule has 2 aliphatic rings. The maximum Gasteiger partial charge on any atom is 0.200 e. The van der Waals surface area contributed by atoms with Crippen LogP contribution in [0, 0.1) is 28.1 Å². The predicted octanol–water partition coefficient (Wildman–Crippen LogP) is 5.10. The van der Waals surface area contributed by atoms with Crippen molar-refractivity contribution in [3.8, 4) is 17.9 Å². The van der Waals surface area contributed by atoms with E-state index in [1.807, 2.05) is 81.3 Å². The predicted molar refractivity (Wildman–Crippen MR) is 108 cm³/mol. The monoisotopic (exact) mass is 371 g/mol. The largest absolute Gasteiger partial charge is 0.461 e. The van der Waals surface area contributed by atoms with E-state index in [4.69, 9.17) is 9.47 Å². The minimum absolute atomic E-state index is 0.0589. The second kappa shape index (κ2) is 7.50. The first-order valence-electron chi connectivity index (χ1n) is 8.88. The van der Waals surface area contributed by atoms with Gasteiger partial charge in [0, 0.05) is 18.0 Å². The Bertz CT molecular complexity index is 1020. The Morgan fingerprint density at radius 2 is 1.79 bits per heavy atom. The molecule has 28 heavy (non-hydrogen) atoms. The SMILES string of the molecule is CN1/C(=C/C=C/C2=CC(=C(C#N)C#N)C=C(C(C)(C)C)O2)Oc2ccccc21. The number of ether oxygens (including phenoxy) is 2. The van der Waals surface area contributed by atoms with Gasteiger partial charge in [-0.3, -0.25) is 0 Å². The lowest BCUT2D eigenvalue weighted by molar-refractivity contribution is 0.223. The van der Waals surface area contributed by atoms with Crippen LogP contribution in [0.3, 0.4) is 0 Å². The highest BCUT2D eigenvalue weighted by Gasteiger charge is 2.24. The molecule has 0 amide bonds. The van der Waals surface area contributed by atoms with E-state index in [0.29, 0.717) is 23.0 Å². The number of anilines is 1. The quantitative estimate of drug-likeness (QED) is 0.677. The molecule has 2 aliphatic heterocycles. The molecule has 0 atom stereocenters. The van der Waals surface area contributed by atoms with Gasteiger partial charge in [-0.2, -0.15) is 10.5 Å². The summed E-state index contributed by atoms with van der Waals surface area (Å²) in [6.07, 6.45) is 8.91. The number of fused-ring (bicyclic) bond motifs is 1. The number of allylic oxidation sites excluding steroid dienone is 8.